The number of nitrogens with one attached hydrogen (secondary N) is 1. The lowest BCUT2D eigenvalue weighted by molar-refractivity contribution is -0.113. The Bertz CT molecular complexity index is 1160. The number of hydrazone groups is 1. The highest BCUT2D eigenvalue weighted by atomic mass is 32.2. The molecule has 1 amide bonds. The molecular formula is C21H20N4O5S2. The Balaban J connectivity index is 1.51. The van der Waals surface area contributed by atoms with E-state index in [0.717, 1.165) is 29.0 Å². The maximum Gasteiger partial charge on any atom is 0.348 e. The summed E-state index contributed by atoms with van der Waals surface area (Å²) in [5, 5.41) is 9.83. The summed E-state index contributed by atoms with van der Waals surface area (Å²) in [6.45, 7) is 1.61. The van der Waals surface area contributed by atoms with Gasteiger partial charge in [-0.2, -0.15) is 5.10 Å². The number of esters is 2. The number of rotatable bonds is 5. The number of hydrogen-bond donors (Lipinski definition) is 1. The van der Waals surface area contributed by atoms with E-state index in [4.69, 9.17) is 9.47 Å². The molecule has 0 bridgehead atoms. The number of para-hydroxylation sites is 1. The van der Waals surface area contributed by atoms with Crippen molar-refractivity contribution in [1.82, 2.24) is 5.01 Å². The normalized spacial score (nSPS) is 16.2. The molecule has 1 aromatic heterocycles. The number of thioether (sulfide) groups is 1. The van der Waals surface area contributed by atoms with Crippen LogP contribution in [0, 0.1) is 6.92 Å². The van der Waals surface area contributed by atoms with Crippen LogP contribution in [0.1, 0.15) is 43.6 Å². The first kappa shape index (κ1) is 22.0. The molecule has 3 heterocycles. The van der Waals surface area contributed by atoms with E-state index in [1.165, 1.54) is 26.0 Å². The third-order valence-corrected chi connectivity index (χ3v) is 7.16. The van der Waals surface area contributed by atoms with Crippen molar-refractivity contribution in [2.45, 2.75) is 19.4 Å². The summed E-state index contributed by atoms with van der Waals surface area (Å²) in [4.78, 5) is 41.9. The van der Waals surface area contributed by atoms with Crippen LogP contribution >= 0.6 is 23.1 Å². The minimum atomic E-state index is -0.639. The largest absolute Gasteiger partial charge is 0.465 e. The molecule has 0 radical (unpaired) electrons. The average Bonchev–Trinajstić information content (AvgIpc) is 3.42. The summed E-state index contributed by atoms with van der Waals surface area (Å²) in [5.41, 5.74) is 2.52. The molecule has 9 nitrogen and oxygen atoms in total. The molecule has 0 fully saturated rings. The number of anilines is 1. The molecule has 0 saturated heterocycles. The number of aliphatic imine (C=N–C) groups is 1. The quantitative estimate of drug-likeness (QED) is 0.660. The molecule has 0 unspecified atom stereocenters. The van der Waals surface area contributed by atoms with Crippen molar-refractivity contribution in [1.29, 1.82) is 0 Å². The standard InChI is InChI=1S/C21H20N4O5S2/c1-11-16(19(27)29-2)18(32-17(11)20(28)30-3)24-15(26)10-31-21-23-13-7-5-4-6-12(13)14-8-9-22-25(14)21/h4-7,9,14H,8,10H2,1-3H3,(H,24,26)/t14-/m1/s1. The fraction of sp³-hybridized carbons (Fsp3) is 0.286. The smallest absolute Gasteiger partial charge is 0.348 e. The number of ether oxygens (including phenoxy) is 2. The van der Waals surface area contributed by atoms with Gasteiger partial charge in [-0.3, -0.25) is 4.79 Å². The van der Waals surface area contributed by atoms with E-state index in [-0.39, 0.29) is 33.1 Å². The highest BCUT2D eigenvalue weighted by molar-refractivity contribution is 8.14. The van der Waals surface area contributed by atoms with Crippen LogP contribution in [-0.2, 0) is 14.3 Å². The summed E-state index contributed by atoms with van der Waals surface area (Å²) < 4.78 is 9.59. The molecule has 1 N–H and O–H groups in total. The zero-order valence-corrected chi connectivity index (χ0v) is 19.2. The van der Waals surface area contributed by atoms with Crippen molar-refractivity contribution in [3.8, 4) is 0 Å². The van der Waals surface area contributed by atoms with Crippen molar-refractivity contribution in [2.24, 2.45) is 10.1 Å². The van der Waals surface area contributed by atoms with Gasteiger partial charge in [-0.1, -0.05) is 30.0 Å². The molecule has 1 aromatic carbocycles. The van der Waals surface area contributed by atoms with Crippen molar-refractivity contribution in [3.05, 3.63) is 45.8 Å². The van der Waals surface area contributed by atoms with Gasteiger partial charge >= 0.3 is 11.9 Å². The van der Waals surface area contributed by atoms with Crippen molar-refractivity contribution < 1.29 is 23.9 Å². The molecule has 166 valence electrons. The lowest BCUT2D eigenvalue weighted by Gasteiger charge is -2.29. The van der Waals surface area contributed by atoms with Gasteiger partial charge in [-0.05, 0) is 18.6 Å². The highest BCUT2D eigenvalue weighted by Gasteiger charge is 2.33. The van der Waals surface area contributed by atoms with Crippen LogP contribution in [0.3, 0.4) is 0 Å². The number of benzene rings is 1. The summed E-state index contributed by atoms with van der Waals surface area (Å²) in [5.74, 6) is -1.52. The Morgan fingerprint density at radius 3 is 2.72 bits per heavy atom. The van der Waals surface area contributed by atoms with Gasteiger partial charge in [0.05, 0.1) is 37.3 Å². The monoisotopic (exact) mass is 472 g/mol. The van der Waals surface area contributed by atoms with E-state index < -0.39 is 11.9 Å². The SMILES string of the molecule is COC(=O)c1sc(NC(=O)CSC2=Nc3ccccc3[C@H]3CC=NN23)c(C(=O)OC)c1C. The number of carbonyl (C=O) groups is 3. The minimum Gasteiger partial charge on any atom is -0.465 e. The van der Waals surface area contributed by atoms with E-state index in [9.17, 15) is 14.4 Å². The van der Waals surface area contributed by atoms with Gasteiger partial charge in [0.2, 0.25) is 5.91 Å². The van der Waals surface area contributed by atoms with Gasteiger partial charge in [-0.15, -0.1) is 11.3 Å². The molecule has 11 heteroatoms. The molecule has 0 spiro atoms. The van der Waals surface area contributed by atoms with Crippen LogP contribution in [0.4, 0.5) is 10.7 Å². The molecular weight excluding hydrogens is 452 g/mol. The Kier molecular flexibility index (Phi) is 6.28. The van der Waals surface area contributed by atoms with E-state index in [0.29, 0.717) is 10.7 Å². The highest BCUT2D eigenvalue weighted by Crippen LogP contribution is 2.41. The number of amides is 1. The van der Waals surface area contributed by atoms with Crippen LogP contribution < -0.4 is 5.32 Å². The number of methoxy groups -OCH3 is 2. The van der Waals surface area contributed by atoms with Crippen LogP contribution in [0.5, 0.6) is 0 Å². The predicted molar refractivity (Wildman–Crippen MR) is 124 cm³/mol. The van der Waals surface area contributed by atoms with E-state index in [2.05, 4.69) is 15.4 Å². The third-order valence-electron chi connectivity index (χ3n) is 5.03. The van der Waals surface area contributed by atoms with Gasteiger partial charge in [0.15, 0.2) is 5.17 Å². The minimum absolute atomic E-state index is 0.0465. The van der Waals surface area contributed by atoms with Crippen LogP contribution in [0.25, 0.3) is 0 Å². The fourth-order valence-electron chi connectivity index (χ4n) is 3.51. The topological polar surface area (TPSA) is 110 Å². The molecule has 1 atom stereocenters. The Morgan fingerprint density at radius 2 is 1.97 bits per heavy atom. The summed E-state index contributed by atoms with van der Waals surface area (Å²) in [6.07, 6.45) is 2.62. The van der Waals surface area contributed by atoms with Crippen LogP contribution in [0.2, 0.25) is 0 Å². The number of thiophene rings is 1. The summed E-state index contributed by atoms with van der Waals surface area (Å²) in [7, 11) is 2.50. The van der Waals surface area contributed by atoms with E-state index in [1.54, 1.807) is 6.92 Å². The Morgan fingerprint density at radius 1 is 1.22 bits per heavy atom. The summed E-state index contributed by atoms with van der Waals surface area (Å²) in [6, 6.07) is 7.95. The van der Waals surface area contributed by atoms with E-state index in [1.807, 2.05) is 35.5 Å². The number of hydrogen-bond acceptors (Lipinski definition) is 10. The van der Waals surface area contributed by atoms with Crippen molar-refractivity contribution in [3.63, 3.8) is 0 Å². The third kappa shape index (κ3) is 4.00. The molecule has 0 aliphatic carbocycles. The van der Waals surface area contributed by atoms with Gasteiger partial charge in [0.1, 0.15) is 9.88 Å². The second kappa shape index (κ2) is 9.13. The second-order valence-electron chi connectivity index (χ2n) is 6.93. The molecule has 2 aliphatic rings. The summed E-state index contributed by atoms with van der Waals surface area (Å²) >= 11 is 2.23. The van der Waals surface area contributed by atoms with Gasteiger partial charge in [-0.25, -0.2) is 19.6 Å². The number of fused-ring (bicyclic) bond motifs is 3. The van der Waals surface area contributed by atoms with Gasteiger partial charge in [0, 0.05) is 18.2 Å². The van der Waals surface area contributed by atoms with E-state index >= 15 is 0 Å². The first-order valence-electron chi connectivity index (χ1n) is 9.66. The lowest BCUT2D eigenvalue weighted by Crippen LogP contribution is -2.29. The first-order chi connectivity index (χ1) is 15.4. The molecule has 32 heavy (non-hydrogen) atoms. The first-order valence-corrected chi connectivity index (χ1v) is 11.5. The number of carbonyl (C=O) groups excluding carboxylic acids is 3. The average molecular weight is 473 g/mol. The number of amidine groups is 1. The Hall–Kier alpha value is -3.18. The maximum atomic E-state index is 12.7. The maximum absolute atomic E-state index is 12.7. The zero-order valence-electron chi connectivity index (χ0n) is 17.6. The fourth-order valence-corrected chi connectivity index (χ4v) is 5.44. The van der Waals surface area contributed by atoms with Gasteiger partial charge < -0.3 is 14.8 Å². The molecule has 0 saturated carbocycles. The zero-order chi connectivity index (χ0) is 22.8. The van der Waals surface area contributed by atoms with Crippen LogP contribution in [-0.4, -0.2) is 54.2 Å². The van der Waals surface area contributed by atoms with Gasteiger partial charge in [0.25, 0.3) is 0 Å². The van der Waals surface area contributed by atoms with Crippen molar-refractivity contribution >= 4 is 63.0 Å². The number of nitrogens with zero attached hydrogens (tertiary/aromatic N) is 3. The predicted octanol–water partition coefficient (Wildman–Crippen LogP) is 3.74. The second-order valence-corrected chi connectivity index (χ2v) is 8.89. The Labute approximate surface area is 192 Å². The van der Waals surface area contributed by atoms with Crippen molar-refractivity contribution in [2.75, 3.05) is 25.3 Å². The lowest BCUT2D eigenvalue weighted by atomic mass is 10.0. The molecule has 4 rings (SSSR count). The molecule has 2 aliphatic heterocycles. The van der Waals surface area contributed by atoms with Crippen LogP contribution in [0.15, 0.2) is 34.4 Å². The molecule has 2 aromatic rings.